The number of halogens is 3. The molecule has 0 aliphatic heterocycles. The van der Waals surface area contributed by atoms with Gasteiger partial charge in [-0.2, -0.15) is 13.2 Å². The van der Waals surface area contributed by atoms with Crippen LogP contribution in [0.15, 0.2) is 29.2 Å². The first kappa shape index (κ1) is 23.8. The predicted octanol–water partition coefficient (Wildman–Crippen LogP) is 5.28. The number of carbonyl (C=O) groups is 2. The highest BCUT2D eigenvalue weighted by molar-refractivity contribution is 7.99. The van der Waals surface area contributed by atoms with Gasteiger partial charge in [0.25, 0.3) is 0 Å². The third-order valence-corrected chi connectivity index (χ3v) is 7.10. The molecule has 31 heavy (non-hydrogen) atoms. The van der Waals surface area contributed by atoms with Crippen LogP contribution >= 0.6 is 11.8 Å². The molecule has 1 aromatic rings. The molecule has 2 aliphatic carbocycles. The zero-order valence-electron chi connectivity index (χ0n) is 17.7. The summed E-state index contributed by atoms with van der Waals surface area (Å²) in [5.74, 6) is 1.12. The molecule has 2 unspecified atom stereocenters. The van der Waals surface area contributed by atoms with Crippen LogP contribution in [0, 0.1) is 17.3 Å². The summed E-state index contributed by atoms with van der Waals surface area (Å²) in [5.41, 5.74) is -1.11. The van der Waals surface area contributed by atoms with E-state index in [0.717, 1.165) is 37.8 Å². The number of alkyl carbamates (subject to hydrolysis) is 1. The fourth-order valence-corrected chi connectivity index (χ4v) is 5.52. The summed E-state index contributed by atoms with van der Waals surface area (Å²) in [4.78, 5) is 25.0. The molecular formula is C22H28F3NO4S. The Morgan fingerprint density at radius 3 is 2.29 bits per heavy atom. The first-order valence-corrected chi connectivity index (χ1v) is 11.5. The van der Waals surface area contributed by atoms with E-state index >= 15 is 0 Å². The maximum absolute atomic E-state index is 12.6. The van der Waals surface area contributed by atoms with Crippen LogP contribution in [0.4, 0.5) is 18.0 Å². The normalized spacial score (nSPS) is 27.6. The lowest BCUT2D eigenvalue weighted by Crippen LogP contribution is -2.35. The minimum Gasteiger partial charge on any atom is -0.466 e. The lowest BCUT2D eigenvalue weighted by molar-refractivity contribution is -0.154. The van der Waals surface area contributed by atoms with Gasteiger partial charge >= 0.3 is 18.2 Å². The topological polar surface area (TPSA) is 64.6 Å². The van der Waals surface area contributed by atoms with Crippen LogP contribution in [-0.2, 0) is 20.4 Å². The fraction of sp³-hybridized carbons (Fsp3) is 0.636. The number of thioether (sulfide) groups is 1. The van der Waals surface area contributed by atoms with Gasteiger partial charge in [0.15, 0.2) is 0 Å². The molecule has 0 aromatic heterocycles. The second-order valence-electron chi connectivity index (χ2n) is 8.53. The monoisotopic (exact) mass is 459 g/mol. The van der Waals surface area contributed by atoms with Gasteiger partial charge in [0.1, 0.15) is 6.61 Å². The smallest absolute Gasteiger partial charge is 0.416 e. The van der Waals surface area contributed by atoms with Crippen molar-refractivity contribution in [3.8, 4) is 0 Å². The van der Waals surface area contributed by atoms with Gasteiger partial charge in [-0.15, -0.1) is 11.8 Å². The highest BCUT2D eigenvalue weighted by atomic mass is 32.2. The van der Waals surface area contributed by atoms with Gasteiger partial charge in [-0.05, 0) is 75.6 Å². The largest absolute Gasteiger partial charge is 0.466 e. The lowest BCUT2D eigenvalue weighted by atomic mass is 9.85. The van der Waals surface area contributed by atoms with Crippen LogP contribution in [0.25, 0.3) is 0 Å². The van der Waals surface area contributed by atoms with E-state index in [1.54, 1.807) is 0 Å². The molecule has 3 rings (SSSR count). The molecule has 5 nitrogen and oxygen atoms in total. The molecule has 0 spiro atoms. The lowest BCUT2D eigenvalue weighted by Gasteiger charge is -2.23. The Labute approximate surface area is 184 Å². The van der Waals surface area contributed by atoms with Crippen LogP contribution in [-0.4, -0.2) is 37.1 Å². The van der Waals surface area contributed by atoms with Crippen molar-refractivity contribution in [2.75, 3.05) is 19.0 Å². The number of hydrogen-bond acceptors (Lipinski definition) is 5. The van der Waals surface area contributed by atoms with E-state index in [1.807, 2.05) is 13.8 Å². The number of alkyl halides is 3. The summed E-state index contributed by atoms with van der Waals surface area (Å²) in [6.45, 7) is 4.33. The van der Waals surface area contributed by atoms with E-state index < -0.39 is 23.2 Å². The van der Waals surface area contributed by atoms with Gasteiger partial charge in [0.05, 0.1) is 17.6 Å². The fourth-order valence-electron chi connectivity index (χ4n) is 4.78. The second-order valence-corrected chi connectivity index (χ2v) is 9.70. The number of hydrogen-bond donors (Lipinski definition) is 1. The van der Waals surface area contributed by atoms with Gasteiger partial charge in [-0.3, -0.25) is 4.79 Å². The average Bonchev–Trinajstić information content (AvgIpc) is 3.20. The van der Waals surface area contributed by atoms with E-state index in [0.29, 0.717) is 29.1 Å². The van der Waals surface area contributed by atoms with Gasteiger partial charge in [-0.25, -0.2) is 4.79 Å². The molecule has 2 aliphatic rings. The summed E-state index contributed by atoms with van der Waals surface area (Å²) < 4.78 is 48.1. The molecule has 0 saturated heterocycles. The van der Waals surface area contributed by atoms with Crippen molar-refractivity contribution in [2.24, 2.45) is 17.3 Å². The van der Waals surface area contributed by atoms with Crippen LogP contribution in [0.3, 0.4) is 0 Å². The third kappa shape index (κ3) is 6.08. The van der Waals surface area contributed by atoms with Crippen molar-refractivity contribution in [2.45, 2.75) is 56.6 Å². The molecule has 172 valence electrons. The highest BCUT2D eigenvalue weighted by Gasteiger charge is 2.51. The summed E-state index contributed by atoms with van der Waals surface area (Å²) in [6.07, 6.45) is -1.60. The molecule has 1 aromatic carbocycles. The Kier molecular flexibility index (Phi) is 7.44. The number of fused-ring (bicyclic) bond motifs is 1. The van der Waals surface area contributed by atoms with E-state index in [1.165, 1.54) is 23.9 Å². The van der Waals surface area contributed by atoms with Crippen LogP contribution in [0.5, 0.6) is 0 Å². The SMILES string of the molecule is CCOC(=O)C1(C)C[C@H]2CC(NC(=O)OCCSc3ccc(C(F)(F)F)cc3)C[C@H]2C1. The summed E-state index contributed by atoms with van der Waals surface area (Å²) in [5, 5.41) is 2.90. The van der Waals surface area contributed by atoms with Crippen LogP contribution in [0.2, 0.25) is 0 Å². The van der Waals surface area contributed by atoms with Gasteiger partial charge in [0, 0.05) is 16.7 Å². The van der Waals surface area contributed by atoms with Crippen LogP contribution in [0.1, 0.15) is 45.1 Å². The number of benzene rings is 1. The first-order chi connectivity index (χ1) is 14.6. The quantitative estimate of drug-likeness (QED) is 0.341. The highest BCUT2D eigenvalue weighted by Crippen LogP contribution is 2.53. The van der Waals surface area contributed by atoms with E-state index in [2.05, 4.69) is 5.32 Å². The minimum absolute atomic E-state index is 0.0387. The number of amides is 1. The van der Waals surface area contributed by atoms with Crippen molar-refractivity contribution in [3.05, 3.63) is 29.8 Å². The Morgan fingerprint density at radius 2 is 1.74 bits per heavy atom. The van der Waals surface area contributed by atoms with Crippen molar-refractivity contribution in [3.63, 3.8) is 0 Å². The van der Waals surface area contributed by atoms with Crippen molar-refractivity contribution >= 4 is 23.8 Å². The van der Waals surface area contributed by atoms with Gasteiger partial charge in [-0.1, -0.05) is 0 Å². The molecule has 0 bridgehead atoms. The maximum atomic E-state index is 12.6. The minimum atomic E-state index is -4.35. The molecular weight excluding hydrogens is 431 g/mol. The molecule has 2 saturated carbocycles. The standard InChI is InChI=1S/C22H28F3NO4S/c1-3-29-19(27)21(2)12-14-10-17(11-15(14)13-21)26-20(28)30-8-9-31-18-6-4-16(5-7-18)22(23,24)25/h4-7,14-15,17H,3,8-13H2,1-2H3,(H,26,28)/t14-,15+,17?,21?. The van der Waals surface area contributed by atoms with E-state index in [-0.39, 0.29) is 18.6 Å². The van der Waals surface area contributed by atoms with Gasteiger partial charge < -0.3 is 14.8 Å². The van der Waals surface area contributed by atoms with Crippen LogP contribution < -0.4 is 5.32 Å². The third-order valence-electron chi connectivity index (χ3n) is 6.12. The average molecular weight is 460 g/mol. The summed E-state index contributed by atoms with van der Waals surface area (Å²) >= 11 is 1.33. The molecule has 9 heteroatoms. The summed E-state index contributed by atoms with van der Waals surface area (Å²) in [7, 11) is 0. The number of nitrogens with one attached hydrogen (secondary N) is 1. The molecule has 0 heterocycles. The van der Waals surface area contributed by atoms with Crippen molar-refractivity contribution in [1.82, 2.24) is 5.32 Å². The Morgan fingerprint density at radius 1 is 1.13 bits per heavy atom. The number of carbonyl (C=O) groups excluding carboxylic acids is 2. The Balaban J connectivity index is 1.34. The molecule has 1 amide bonds. The predicted molar refractivity (Wildman–Crippen MR) is 111 cm³/mol. The van der Waals surface area contributed by atoms with E-state index in [9.17, 15) is 22.8 Å². The second kappa shape index (κ2) is 9.71. The van der Waals surface area contributed by atoms with E-state index in [4.69, 9.17) is 9.47 Å². The van der Waals surface area contributed by atoms with Gasteiger partial charge in [0.2, 0.25) is 0 Å². The number of esters is 1. The number of rotatable bonds is 7. The zero-order valence-corrected chi connectivity index (χ0v) is 18.5. The van der Waals surface area contributed by atoms with Crippen molar-refractivity contribution < 1.29 is 32.2 Å². The Hall–Kier alpha value is -1.90. The summed E-state index contributed by atoms with van der Waals surface area (Å²) in [6, 6.07) is 4.94. The molecule has 0 radical (unpaired) electrons. The van der Waals surface area contributed by atoms with Crippen molar-refractivity contribution in [1.29, 1.82) is 0 Å². The maximum Gasteiger partial charge on any atom is 0.416 e. The first-order valence-electron chi connectivity index (χ1n) is 10.5. The Bertz CT molecular complexity index is 770. The molecule has 2 fully saturated rings. The number of ether oxygens (including phenoxy) is 2. The molecule has 4 atom stereocenters. The zero-order chi connectivity index (χ0) is 22.6. The molecule has 1 N–H and O–H groups in total.